The van der Waals surface area contributed by atoms with Gasteiger partial charge in [-0.15, -0.1) is 0 Å². The first-order valence-corrected chi connectivity index (χ1v) is 9.66. The van der Waals surface area contributed by atoms with E-state index < -0.39 is 0 Å². The molecule has 0 saturated carbocycles. The predicted molar refractivity (Wildman–Crippen MR) is 124 cm³/mol. The highest BCUT2D eigenvalue weighted by molar-refractivity contribution is 6.21. The summed E-state index contributed by atoms with van der Waals surface area (Å²) in [5.74, 6) is 0.145. The maximum Gasteiger partial charge on any atom is 0.138 e. The number of hydrogen-bond acceptors (Lipinski definition) is 4. The summed E-state index contributed by atoms with van der Waals surface area (Å²) >= 11 is 0. The van der Waals surface area contributed by atoms with Crippen LogP contribution in [0.3, 0.4) is 0 Å². The van der Waals surface area contributed by atoms with E-state index in [1.165, 1.54) is 0 Å². The fourth-order valence-corrected chi connectivity index (χ4v) is 4.17. The van der Waals surface area contributed by atoms with Crippen molar-refractivity contribution in [2.45, 2.75) is 0 Å². The summed E-state index contributed by atoms with van der Waals surface area (Å²) < 4.78 is 0. The third-order valence-corrected chi connectivity index (χ3v) is 5.56. The average Bonchev–Trinajstić information content (AvgIpc) is 2.76. The van der Waals surface area contributed by atoms with Crippen LogP contribution in [0.25, 0.3) is 43.8 Å². The summed E-state index contributed by atoms with van der Waals surface area (Å²) in [6.45, 7) is 0. The van der Waals surface area contributed by atoms with E-state index in [9.17, 15) is 10.2 Å². The lowest BCUT2D eigenvalue weighted by Gasteiger charge is -2.18. The van der Waals surface area contributed by atoms with Gasteiger partial charge in [-0.05, 0) is 68.1 Å². The Morgan fingerprint density at radius 1 is 0.467 bits per heavy atom. The second-order valence-corrected chi connectivity index (χ2v) is 7.39. The number of aromatic hydroxyl groups is 2. The maximum atomic E-state index is 9.90. The molecule has 0 heterocycles. The number of phenols is 2. The minimum absolute atomic E-state index is 0.0727. The fraction of sp³-hybridized carbons (Fsp3) is 0. The zero-order chi connectivity index (χ0) is 20.8. The summed E-state index contributed by atoms with van der Waals surface area (Å²) in [5, 5.41) is 24.1. The van der Waals surface area contributed by atoms with Crippen LogP contribution in [-0.4, -0.2) is 10.2 Å². The van der Waals surface area contributed by atoms with Crippen LogP contribution in [0.1, 0.15) is 0 Å². The first-order valence-electron chi connectivity index (χ1n) is 9.66. The summed E-state index contributed by atoms with van der Waals surface area (Å²) in [5.41, 5.74) is 16.7. The molecule has 0 aliphatic heterocycles. The molecule has 0 bridgehead atoms. The molecule has 0 atom stereocenters. The largest absolute Gasteiger partial charge is 0.506 e. The second-order valence-electron chi connectivity index (χ2n) is 7.39. The minimum atomic E-state index is 0.0727. The lowest BCUT2D eigenvalue weighted by Crippen LogP contribution is -1.93. The molecule has 4 nitrogen and oxygen atoms in total. The van der Waals surface area contributed by atoms with E-state index in [4.69, 9.17) is 11.5 Å². The van der Waals surface area contributed by atoms with Crippen molar-refractivity contribution >= 4 is 32.9 Å². The Labute approximate surface area is 173 Å². The average molecular weight is 392 g/mol. The standard InChI is InChI=1S/C26H20N2O2/c27-21-13-15(9-11-23(21)29)25-17-5-1-2-6-18(17)26(20-8-4-3-7-19(20)25)16-10-12-24(30)22(28)14-16/h1-14,29-30H,27-28H2. The van der Waals surface area contributed by atoms with E-state index in [1.54, 1.807) is 12.1 Å². The van der Waals surface area contributed by atoms with Gasteiger partial charge in [0, 0.05) is 0 Å². The molecule has 5 aromatic carbocycles. The first-order chi connectivity index (χ1) is 14.5. The summed E-state index contributed by atoms with van der Waals surface area (Å²) in [4.78, 5) is 0. The number of rotatable bonds is 2. The summed E-state index contributed by atoms with van der Waals surface area (Å²) in [6, 6.07) is 27.1. The molecule has 0 amide bonds. The molecule has 30 heavy (non-hydrogen) atoms. The normalized spacial score (nSPS) is 11.2. The smallest absolute Gasteiger partial charge is 0.138 e. The molecule has 0 aliphatic carbocycles. The van der Waals surface area contributed by atoms with Crippen LogP contribution in [0.2, 0.25) is 0 Å². The van der Waals surface area contributed by atoms with Crippen molar-refractivity contribution in [3.63, 3.8) is 0 Å². The van der Waals surface area contributed by atoms with Gasteiger partial charge in [-0.2, -0.15) is 0 Å². The highest BCUT2D eigenvalue weighted by Gasteiger charge is 2.17. The van der Waals surface area contributed by atoms with Crippen molar-refractivity contribution in [3.8, 4) is 33.8 Å². The van der Waals surface area contributed by atoms with Crippen LogP contribution in [0, 0.1) is 0 Å². The Balaban J connectivity index is 1.96. The van der Waals surface area contributed by atoms with E-state index >= 15 is 0 Å². The molecular formula is C26H20N2O2. The van der Waals surface area contributed by atoms with Gasteiger partial charge in [0.15, 0.2) is 0 Å². The highest BCUT2D eigenvalue weighted by Crippen LogP contribution is 2.45. The molecule has 5 rings (SSSR count). The van der Waals surface area contributed by atoms with E-state index in [0.29, 0.717) is 11.4 Å². The van der Waals surface area contributed by atoms with E-state index in [-0.39, 0.29) is 11.5 Å². The molecule has 5 aromatic rings. The van der Waals surface area contributed by atoms with Gasteiger partial charge in [-0.3, -0.25) is 0 Å². The topological polar surface area (TPSA) is 92.5 Å². The van der Waals surface area contributed by atoms with Crippen LogP contribution in [0.5, 0.6) is 11.5 Å². The van der Waals surface area contributed by atoms with Crippen molar-refractivity contribution in [1.29, 1.82) is 0 Å². The lowest BCUT2D eigenvalue weighted by molar-refractivity contribution is 0.477. The van der Waals surface area contributed by atoms with Gasteiger partial charge in [0.05, 0.1) is 11.4 Å². The molecule has 0 aromatic heterocycles. The number of benzene rings is 5. The second kappa shape index (κ2) is 6.71. The maximum absolute atomic E-state index is 9.90. The van der Waals surface area contributed by atoms with E-state index in [1.807, 2.05) is 48.5 Å². The molecule has 0 fully saturated rings. The van der Waals surface area contributed by atoms with Crippen molar-refractivity contribution in [2.75, 3.05) is 11.5 Å². The molecule has 0 unspecified atom stereocenters. The SMILES string of the molecule is Nc1cc(-c2c3ccccc3c(-c3ccc(O)c(N)c3)c3ccccc23)ccc1O. The molecule has 146 valence electrons. The van der Waals surface area contributed by atoms with E-state index in [0.717, 1.165) is 43.8 Å². The molecule has 4 heteroatoms. The molecule has 0 radical (unpaired) electrons. The zero-order valence-corrected chi connectivity index (χ0v) is 16.1. The number of phenolic OH excluding ortho intramolecular Hbond substituents is 2. The number of anilines is 2. The third-order valence-electron chi connectivity index (χ3n) is 5.56. The quantitative estimate of drug-likeness (QED) is 0.171. The zero-order valence-electron chi connectivity index (χ0n) is 16.1. The number of nitrogens with two attached hydrogens (primary N) is 2. The predicted octanol–water partition coefficient (Wildman–Crippen LogP) is 5.90. The fourth-order valence-electron chi connectivity index (χ4n) is 4.17. The number of hydrogen-bond donors (Lipinski definition) is 4. The monoisotopic (exact) mass is 392 g/mol. The minimum Gasteiger partial charge on any atom is -0.506 e. The first kappa shape index (κ1) is 17.9. The third kappa shape index (κ3) is 2.70. The number of fused-ring (bicyclic) bond motifs is 2. The van der Waals surface area contributed by atoms with Crippen molar-refractivity contribution in [3.05, 3.63) is 84.9 Å². The van der Waals surface area contributed by atoms with Gasteiger partial charge in [-0.1, -0.05) is 60.7 Å². The van der Waals surface area contributed by atoms with Crippen molar-refractivity contribution in [2.24, 2.45) is 0 Å². The van der Waals surface area contributed by atoms with Crippen LogP contribution >= 0.6 is 0 Å². The summed E-state index contributed by atoms with van der Waals surface area (Å²) in [6.07, 6.45) is 0. The molecule has 0 saturated heterocycles. The van der Waals surface area contributed by atoms with Gasteiger partial charge in [0.1, 0.15) is 11.5 Å². The van der Waals surface area contributed by atoms with Crippen molar-refractivity contribution in [1.82, 2.24) is 0 Å². The Bertz CT molecular complexity index is 1270. The van der Waals surface area contributed by atoms with Gasteiger partial charge >= 0.3 is 0 Å². The molecule has 6 N–H and O–H groups in total. The van der Waals surface area contributed by atoms with Crippen LogP contribution in [-0.2, 0) is 0 Å². The van der Waals surface area contributed by atoms with Gasteiger partial charge in [-0.25, -0.2) is 0 Å². The van der Waals surface area contributed by atoms with E-state index in [2.05, 4.69) is 24.3 Å². The lowest BCUT2D eigenvalue weighted by atomic mass is 9.86. The van der Waals surface area contributed by atoms with Crippen LogP contribution < -0.4 is 11.5 Å². The van der Waals surface area contributed by atoms with Crippen LogP contribution in [0.15, 0.2) is 84.9 Å². The molecular weight excluding hydrogens is 372 g/mol. The summed E-state index contributed by atoms with van der Waals surface area (Å²) in [7, 11) is 0. The van der Waals surface area contributed by atoms with Crippen molar-refractivity contribution < 1.29 is 10.2 Å². The number of nitrogen functional groups attached to an aromatic ring is 2. The molecule has 0 aliphatic rings. The van der Waals surface area contributed by atoms with Gasteiger partial charge < -0.3 is 21.7 Å². The Kier molecular flexibility index (Phi) is 4.00. The Morgan fingerprint density at radius 3 is 1.10 bits per heavy atom. The van der Waals surface area contributed by atoms with Crippen LogP contribution in [0.4, 0.5) is 11.4 Å². The Morgan fingerprint density at radius 2 is 0.800 bits per heavy atom. The van der Waals surface area contributed by atoms with Gasteiger partial charge in [0.2, 0.25) is 0 Å². The molecule has 0 spiro atoms. The highest BCUT2D eigenvalue weighted by atomic mass is 16.3. The van der Waals surface area contributed by atoms with Gasteiger partial charge in [0.25, 0.3) is 0 Å². The Hall–Kier alpha value is -4.18.